The number of hydrogen-bond acceptors (Lipinski definition) is 6. The van der Waals surface area contributed by atoms with Crippen LogP contribution in [0.5, 0.6) is 11.5 Å². The minimum atomic E-state index is -3.81. The number of sulfonamides is 1. The van der Waals surface area contributed by atoms with Crippen molar-refractivity contribution in [2.45, 2.75) is 43.0 Å². The highest BCUT2D eigenvalue weighted by atomic mass is 32.2. The summed E-state index contributed by atoms with van der Waals surface area (Å²) in [6, 6.07) is 12.6. The Morgan fingerprint density at radius 2 is 1.90 bits per heavy atom. The summed E-state index contributed by atoms with van der Waals surface area (Å²) in [4.78, 5) is 12.7. The van der Waals surface area contributed by atoms with Crippen molar-refractivity contribution in [3.05, 3.63) is 54.1 Å². The first-order valence-corrected chi connectivity index (χ1v) is 11.6. The molecule has 2 N–H and O–H groups in total. The van der Waals surface area contributed by atoms with Gasteiger partial charge < -0.3 is 9.84 Å². The molecule has 0 aliphatic heterocycles. The fourth-order valence-electron chi connectivity index (χ4n) is 3.64. The van der Waals surface area contributed by atoms with E-state index in [-0.39, 0.29) is 29.0 Å². The van der Waals surface area contributed by atoms with E-state index < -0.39 is 15.9 Å². The summed E-state index contributed by atoms with van der Waals surface area (Å²) in [5, 5.41) is 13.6. The maximum absolute atomic E-state index is 13.2. The van der Waals surface area contributed by atoms with Gasteiger partial charge in [-0.3, -0.25) is 4.79 Å². The smallest absolute Gasteiger partial charge is 0.255 e. The number of aromatic hydroxyl groups is 1. The Hall–Kier alpha value is -2.91. The molecule has 3 rings (SSSR count). The van der Waals surface area contributed by atoms with E-state index in [4.69, 9.17) is 4.74 Å². The molecular formula is C22H27N3O5S. The first-order valence-electron chi connectivity index (χ1n) is 10.2. The molecule has 0 aromatic heterocycles. The van der Waals surface area contributed by atoms with Crippen LogP contribution in [0.1, 0.15) is 37.7 Å². The molecule has 1 amide bonds. The van der Waals surface area contributed by atoms with E-state index in [1.54, 1.807) is 42.5 Å². The highest BCUT2D eigenvalue weighted by Gasteiger charge is 2.33. The predicted molar refractivity (Wildman–Crippen MR) is 118 cm³/mol. The lowest BCUT2D eigenvalue weighted by molar-refractivity contribution is -0.121. The van der Waals surface area contributed by atoms with E-state index in [0.29, 0.717) is 5.56 Å². The van der Waals surface area contributed by atoms with E-state index in [2.05, 4.69) is 10.5 Å². The SMILES string of the molecule is COc1cc(/C=N/NC(=O)CN(C2CCCCC2)S(=O)(=O)c2ccccc2)ccc1O. The van der Waals surface area contributed by atoms with Gasteiger partial charge >= 0.3 is 0 Å². The maximum Gasteiger partial charge on any atom is 0.255 e. The van der Waals surface area contributed by atoms with Gasteiger partial charge in [-0.1, -0.05) is 37.5 Å². The molecular weight excluding hydrogens is 418 g/mol. The summed E-state index contributed by atoms with van der Waals surface area (Å²) in [6.07, 6.45) is 5.81. The molecule has 0 saturated heterocycles. The van der Waals surface area contributed by atoms with Crippen molar-refractivity contribution >= 4 is 22.1 Å². The van der Waals surface area contributed by atoms with E-state index >= 15 is 0 Å². The summed E-state index contributed by atoms with van der Waals surface area (Å²) >= 11 is 0. The third-order valence-electron chi connectivity index (χ3n) is 5.24. The van der Waals surface area contributed by atoms with Crippen molar-refractivity contribution in [1.29, 1.82) is 0 Å². The van der Waals surface area contributed by atoms with Crippen molar-refractivity contribution in [2.24, 2.45) is 5.10 Å². The Morgan fingerprint density at radius 3 is 2.58 bits per heavy atom. The van der Waals surface area contributed by atoms with E-state index in [1.165, 1.54) is 23.7 Å². The summed E-state index contributed by atoms with van der Waals surface area (Å²) in [5.41, 5.74) is 3.00. The predicted octanol–water partition coefficient (Wildman–Crippen LogP) is 2.87. The fourth-order valence-corrected chi connectivity index (χ4v) is 5.30. The second kappa shape index (κ2) is 10.4. The van der Waals surface area contributed by atoms with Gasteiger partial charge in [0.1, 0.15) is 0 Å². The van der Waals surface area contributed by atoms with Crippen LogP contribution in [0.2, 0.25) is 0 Å². The molecule has 0 spiro atoms. The number of phenolic OH excluding ortho intramolecular Hbond substituents is 1. The number of hydrogen-bond donors (Lipinski definition) is 2. The molecule has 166 valence electrons. The molecule has 1 aliphatic carbocycles. The monoisotopic (exact) mass is 445 g/mol. The lowest BCUT2D eigenvalue weighted by atomic mass is 9.95. The molecule has 0 radical (unpaired) electrons. The van der Waals surface area contributed by atoms with Gasteiger partial charge in [0, 0.05) is 6.04 Å². The van der Waals surface area contributed by atoms with Gasteiger partial charge in [-0.25, -0.2) is 13.8 Å². The van der Waals surface area contributed by atoms with Crippen molar-refractivity contribution < 1.29 is 23.1 Å². The van der Waals surface area contributed by atoms with Crippen molar-refractivity contribution in [2.75, 3.05) is 13.7 Å². The molecule has 1 saturated carbocycles. The fraction of sp³-hybridized carbons (Fsp3) is 0.364. The molecule has 0 atom stereocenters. The molecule has 0 unspecified atom stereocenters. The van der Waals surface area contributed by atoms with E-state index in [0.717, 1.165) is 32.1 Å². The van der Waals surface area contributed by atoms with Crippen LogP contribution in [0.25, 0.3) is 0 Å². The van der Waals surface area contributed by atoms with Gasteiger partial charge in [-0.2, -0.15) is 9.41 Å². The number of rotatable bonds is 8. The van der Waals surface area contributed by atoms with Crippen LogP contribution in [0.3, 0.4) is 0 Å². The minimum Gasteiger partial charge on any atom is -0.504 e. The number of ether oxygens (including phenoxy) is 1. The van der Waals surface area contributed by atoms with Gasteiger partial charge in [-0.15, -0.1) is 0 Å². The second-order valence-electron chi connectivity index (χ2n) is 7.38. The lowest BCUT2D eigenvalue weighted by Gasteiger charge is -2.32. The maximum atomic E-state index is 13.2. The quantitative estimate of drug-likeness (QED) is 0.480. The number of nitrogens with one attached hydrogen (secondary N) is 1. The number of carbonyl (C=O) groups is 1. The average Bonchev–Trinajstić information content (AvgIpc) is 2.79. The number of nitrogens with zero attached hydrogens (tertiary/aromatic N) is 2. The largest absolute Gasteiger partial charge is 0.504 e. The zero-order valence-electron chi connectivity index (χ0n) is 17.4. The highest BCUT2D eigenvalue weighted by Crippen LogP contribution is 2.28. The Bertz CT molecular complexity index is 1020. The summed E-state index contributed by atoms with van der Waals surface area (Å²) < 4.78 is 32.8. The number of hydrazone groups is 1. The van der Waals surface area contributed by atoms with Crippen molar-refractivity contribution in [3.8, 4) is 11.5 Å². The van der Waals surface area contributed by atoms with E-state index in [1.807, 2.05) is 0 Å². The van der Waals surface area contributed by atoms with E-state index in [9.17, 15) is 18.3 Å². The molecule has 1 aliphatic rings. The van der Waals surface area contributed by atoms with Crippen LogP contribution in [0.4, 0.5) is 0 Å². The molecule has 2 aromatic carbocycles. The zero-order valence-corrected chi connectivity index (χ0v) is 18.2. The summed E-state index contributed by atoms with van der Waals surface area (Å²) in [6.45, 7) is -0.307. The van der Waals surface area contributed by atoms with Crippen LogP contribution in [-0.4, -0.2) is 49.6 Å². The number of benzene rings is 2. The highest BCUT2D eigenvalue weighted by molar-refractivity contribution is 7.89. The molecule has 9 heteroatoms. The number of phenols is 1. The molecule has 0 heterocycles. The zero-order chi connectivity index (χ0) is 22.3. The summed E-state index contributed by atoms with van der Waals surface area (Å²) in [5.74, 6) is -0.238. The van der Waals surface area contributed by atoms with Crippen LogP contribution in [0, 0.1) is 0 Å². The second-order valence-corrected chi connectivity index (χ2v) is 9.27. The lowest BCUT2D eigenvalue weighted by Crippen LogP contribution is -2.46. The molecule has 1 fully saturated rings. The van der Waals surface area contributed by atoms with Crippen LogP contribution in [-0.2, 0) is 14.8 Å². The van der Waals surface area contributed by atoms with Crippen LogP contribution in [0.15, 0.2) is 58.5 Å². The summed E-state index contributed by atoms with van der Waals surface area (Å²) in [7, 11) is -2.38. The Balaban J connectivity index is 1.72. The van der Waals surface area contributed by atoms with Gasteiger partial charge in [0.15, 0.2) is 11.5 Å². The van der Waals surface area contributed by atoms with Crippen LogP contribution < -0.4 is 10.2 Å². The Labute approximate surface area is 182 Å². The third kappa shape index (κ3) is 5.83. The normalized spacial score (nSPS) is 15.3. The van der Waals surface area contributed by atoms with Crippen molar-refractivity contribution in [1.82, 2.24) is 9.73 Å². The molecule has 0 bridgehead atoms. The number of amides is 1. The van der Waals surface area contributed by atoms with Crippen LogP contribution >= 0.6 is 0 Å². The van der Waals surface area contributed by atoms with Crippen molar-refractivity contribution in [3.63, 3.8) is 0 Å². The van der Waals surface area contributed by atoms with Gasteiger partial charge in [-0.05, 0) is 48.7 Å². The first kappa shape index (κ1) is 22.8. The topological polar surface area (TPSA) is 108 Å². The Kier molecular flexibility index (Phi) is 7.64. The number of methoxy groups -OCH3 is 1. The van der Waals surface area contributed by atoms with Gasteiger partial charge in [0.05, 0.1) is 24.8 Å². The molecule has 8 nitrogen and oxygen atoms in total. The average molecular weight is 446 g/mol. The third-order valence-corrected chi connectivity index (χ3v) is 7.15. The standard InChI is InChI=1S/C22H27N3O5S/c1-30-21-14-17(12-13-20(21)26)15-23-24-22(27)16-25(18-8-4-2-5-9-18)31(28,29)19-10-6-3-7-11-19/h3,6-7,10-15,18,26H,2,4-5,8-9,16H2,1H3,(H,24,27)/b23-15+. The Morgan fingerprint density at radius 1 is 1.19 bits per heavy atom. The minimum absolute atomic E-state index is 0.00192. The first-order chi connectivity index (χ1) is 14.9. The number of carbonyl (C=O) groups excluding carboxylic acids is 1. The van der Waals surface area contributed by atoms with Gasteiger partial charge in [0.2, 0.25) is 10.0 Å². The van der Waals surface area contributed by atoms with Gasteiger partial charge in [0.25, 0.3) is 5.91 Å². The molecule has 2 aromatic rings. The molecule has 31 heavy (non-hydrogen) atoms.